The highest BCUT2D eigenvalue weighted by atomic mass is 16.6. The molecule has 3 amide bonds. The second-order valence-corrected chi connectivity index (χ2v) is 9.85. The van der Waals surface area contributed by atoms with E-state index >= 15 is 0 Å². The van der Waals surface area contributed by atoms with Crippen molar-refractivity contribution >= 4 is 17.9 Å². The molecule has 1 aromatic rings. The lowest BCUT2D eigenvalue weighted by atomic mass is 10.0. The molecule has 1 atom stereocenters. The van der Waals surface area contributed by atoms with Gasteiger partial charge in [0.2, 0.25) is 5.91 Å². The minimum Gasteiger partial charge on any atom is -0.496 e. The van der Waals surface area contributed by atoms with E-state index in [-0.39, 0.29) is 23.8 Å². The summed E-state index contributed by atoms with van der Waals surface area (Å²) in [7, 11) is 1.51. The number of rotatable bonds is 9. The summed E-state index contributed by atoms with van der Waals surface area (Å²) in [5, 5.41) is 5.78. The third kappa shape index (κ3) is 8.52. The summed E-state index contributed by atoms with van der Waals surface area (Å²) < 4.78 is 10.7. The number of benzene rings is 1. The number of piperazine rings is 1. The molecular weight excluding hydrogens is 436 g/mol. The van der Waals surface area contributed by atoms with Gasteiger partial charge in [-0.3, -0.25) is 14.5 Å². The number of para-hydroxylation sites is 1. The largest absolute Gasteiger partial charge is 0.496 e. The van der Waals surface area contributed by atoms with E-state index in [4.69, 9.17) is 9.47 Å². The lowest BCUT2D eigenvalue weighted by Crippen LogP contribution is -2.51. The zero-order chi connectivity index (χ0) is 25.3. The van der Waals surface area contributed by atoms with Crippen LogP contribution in [0.2, 0.25) is 0 Å². The maximum absolute atomic E-state index is 12.8. The van der Waals surface area contributed by atoms with Crippen molar-refractivity contribution in [3.05, 3.63) is 29.8 Å². The Bertz CT molecular complexity index is 829. The molecule has 9 nitrogen and oxygen atoms in total. The number of carbonyl (C=O) groups excluding carboxylic acids is 3. The van der Waals surface area contributed by atoms with Crippen LogP contribution in [0.4, 0.5) is 4.79 Å². The number of hydrogen-bond donors (Lipinski definition) is 2. The van der Waals surface area contributed by atoms with Gasteiger partial charge in [0.25, 0.3) is 5.91 Å². The van der Waals surface area contributed by atoms with Crippen molar-refractivity contribution in [1.29, 1.82) is 0 Å². The highest BCUT2D eigenvalue weighted by molar-refractivity contribution is 5.99. The van der Waals surface area contributed by atoms with Crippen LogP contribution in [0, 0.1) is 5.92 Å². The van der Waals surface area contributed by atoms with E-state index in [9.17, 15) is 14.4 Å². The lowest BCUT2D eigenvalue weighted by molar-refractivity contribution is -0.123. The van der Waals surface area contributed by atoms with Crippen molar-refractivity contribution in [2.24, 2.45) is 5.92 Å². The number of nitrogens with one attached hydrogen (secondary N) is 2. The molecule has 2 rings (SSSR count). The third-order valence-corrected chi connectivity index (χ3v) is 5.56. The average molecular weight is 477 g/mol. The standard InChI is InChI=1S/C25H40N4O5/c1-18(2)21(27-22(30)19-10-7-8-11-20(19)33-6)23(31)26-12-9-13-28-14-16-29(17-15-28)24(32)34-25(3,4)5/h7-8,10-11,18,21H,9,12-17H2,1-6H3,(H,26,31)(H,27,30). The van der Waals surface area contributed by atoms with Gasteiger partial charge in [0.1, 0.15) is 17.4 Å². The van der Waals surface area contributed by atoms with Gasteiger partial charge in [-0.05, 0) is 51.8 Å². The molecule has 1 aliphatic heterocycles. The van der Waals surface area contributed by atoms with Crippen molar-refractivity contribution in [3.8, 4) is 5.75 Å². The predicted octanol–water partition coefficient (Wildman–Crippen LogP) is 2.51. The van der Waals surface area contributed by atoms with Crippen LogP contribution in [0.15, 0.2) is 24.3 Å². The van der Waals surface area contributed by atoms with E-state index in [1.54, 1.807) is 29.2 Å². The Morgan fingerprint density at radius 3 is 2.29 bits per heavy atom. The summed E-state index contributed by atoms with van der Waals surface area (Å²) in [6.07, 6.45) is 0.512. The molecule has 9 heteroatoms. The maximum Gasteiger partial charge on any atom is 0.410 e. The zero-order valence-corrected chi connectivity index (χ0v) is 21.3. The molecule has 2 N–H and O–H groups in total. The van der Waals surface area contributed by atoms with Crippen molar-refractivity contribution in [2.45, 2.75) is 52.7 Å². The predicted molar refractivity (Wildman–Crippen MR) is 131 cm³/mol. The third-order valence-electron chi connectivity index (χ3n) is 5.56. The quantitative estimate of drug-likeness (QED) is 0.531. The molecular formula is C25H40N4O5. The van der Waals surface area contributed by atoms with Crippen LogP contribution in [0.1, 0.15) is 51.4 Å². The smallest absolute Gasteiger partial charge is 0.410 e. The summed E-state index contributed by atoms with van der Waals surface area (Å²) >= 11 is 0. The Balaban J connectivity index is 1.75. The molecule has 0 aliphatic carbocycles. The van der Waals surface area contributed by atoms with Crippen molar-refractivity contribution in [3.63, 3.8) is 0 Å². The van der Waals surface area contributed by atoms with Gasteiger partial charge in [0, 0.05) is 32.7 Å². The van der Waals surface area contributed by atoms with E-state index in [1.807, 2.05) is 34.6 Å². The SMILES string of the molecule is COc1ccccc1C(=O)NC(C(=O)NCCCN1CCN(C(=O)OC(C)(C)C)CC1)C(C)C. The van der Waals surface area contributed by atoms with E-state index in [0.29, 0.717) is 30.9 Å². The molecule has 0 bridgehead atoms. The first-order valence-electron chi connectivity index (χ1n) is 11.9. The number of hydrogen-bond acceptors (Lipinski definition) is 6. The maximum atomic E-state index is 12.8. The average Bonchev–Trinajstić information content (AvgIpc) is 2.79. The fourth-order valence-corrected chi connectivity index (χ4v) is 3.69. The summed E-state index contributed by atoms with van der Waals surface area (Å²) in [6, 6.07) is 6.29. The first-order chi connectivity index (χ1) is 16.0. The lowest BCUT2D eigenvalue weighted by Gasteiger charge is -2.35. The van der Waals surface area contributed by atoms with Crippen molar-refractivity contribution in [1.82, 2.24) is 20.4 Å². The molecule has 1 unspecified atom stereocenters. The summed E-state index contributed by atoms with van der Waals surface area (Å²) in [4.78, 5) is 41.7. The van der Waals surface area contributed by atoms with Gasteiger partial charge >= 0.3 is 6.09 Å². The summed E-state index contributed by atoms with van der Waals surface area (Å²) in [5.41, 5.74) is -0.0960. The van der Waals surface area contributed by atoms with Gasteiger partial charge in [-0.15, -0.1) is 0 Å². The number of methoxy groups -OCH3 is 1. The Hall–Kier alpha value is -2.81. The first-order valence-corrected chi connectivity index (χ1v) is 11.9. The zero-order valence-electron chi connectivity index (χ0n) is 21.3. The molecule has 190 valence electrons. The number of ether oxygens (including phenoxy) is 2. The molecule has 34 heavy (non-hydrogen) atoms. The molecule has 1 aliphatic rings. The van der Waals surface area contributed by atoms with Gasteiger partial charge in [-0.2, -0.15) is 0 Å². The fraction of sp³-hybridized carbons (Fsp3) is 0.640. The van der Waals surface area contributed by atoms with Gasteiger partial charge in [0.05, 0.1) is 12.7 Å². The van der Waals surface area contributed by atoms with E-state index in [0.717, 1.165) is 26.1 Å². The molecule has 0 radical (unpaired) electrons. The van der Waals surface area contributed by atoms with Crippen LogP contribution in [-0.2, 0) is 9.53 Å². The minimum atomic E-state index is -0.644. The van der Waals surface area contributed by atoms with Gasteiger partial charge in [0.15, 0.2) is 0 Å². The van der Waals surface area contributed by atoms with Crippen molar-refractivity contribution in [2.75, 3.05) is 46.4 Å². The summed E-state index contributed by atoms with van der Waals surface area (Å²) in [5.74, 6) is -0.142. The van der Waals surface area contributed by atoms with Crippen LogP contribution in [0.3, 0.4) is 0 Å². The number of nitrogens with zero attached hydrogens (tertiary/aromatic N) is 2. The number of amides is 3. The number of carbonyl (C=O) groups is 3. The van der Waals surface area contributed by atoms with Crippen molar-refractivity contribution < 1.29 is 23.9 Å². The monoisotopic (exact) mass is 476 g/mol. The molecule has 1 aromatic carbocycles. The Labute approximate surface area is 203 Å². The van der Waals surface area contributed by atoms with Crippen LogP contribution in [0.5, 0.6) is 5.75 Å². The minimum absolute atomic E-state index is 0.0698. The Kier molecular flexibility index (Phi) is 10.2. The Morgan fingerprint density at radius 2 is 1.71 bits per heavy atom. The van der Waals surface area contributed by atoms with Crippen LogP contribution >= 0.6 is 0 Å². The molecule has 0 aromatic heterocycles. The molecule has 1 saturated heterocycles. The van der Waals surface area contributed by atoms with Gasteiger partial charge in [-0.25, -0.2) is 4.79 Å². The summed E-state index contributed by atoms with van der Waals surface area (Å²) in [6.45, 7) is 13.5. The highest BCUT2D eigenvalue weighted by Crippen LogP contribution is 2.18. The van der Waals surface area contributed by atoms with Gasteiger partial charge in [-0.1, -0.05) is 26.0 Å². The molecule has 0 spiro atoms. The van der Waals surface area contributed by atoms with Crippen LogP contribution in [-0.4, -0.2) is 85.7 Å². The molecule has 0 saturated carbocycles. The second kappa shape index (κ2) is 12.6. The molecule has 1 fully saturated rings. The van der Waals surface area contributed by atoms with E-state index in [2.05, 4.69) is 15.5 Å². The second-order valence-electron chi connectivity index (χ2n) is 9.85. The van der Waals surface area contributed by atoms with Crippen LogP contribution < -0.4 is 15.4 Å². The fourth-order valence-electron chi connectivity index (χ4n) is 3.69. The highest BCUT2D eigenvalue weighted by Gasteiger charge is 2.27. The van der Waals surface area contributed by atoms with Crippen LogP contribution in [0.25, 0.3) is 0 Å². The van der Waals surface area contributed by atoms with E-state index < -0.39 is 11.6 Å². The Morgan fingerprint density at radius 1 is 1.06 bits per heavy atom. The normalized spacial score (nSPS) is 15.6. The van der Waals surface area contributed by atoms with Gasteiger partial charge < -0.3 is 25.0 Å². The molecule has 1 heterocycles. The first kappa shape index (κ1) is 27.4. The van der Waals surface area contributed by atoms with E-state index in [1.165, 1.54) is 7.11 Å². The topological polar surface area (TPSA) is 100 Å².